The maximum absolute atomic E-state index is 12.4. The van der Waals surface area contributed by atoms with Crippen LogP contribution in [0.2, 0.25) is 0 Å². The normalized spacial score (nSPS) is 22.0. The molecule has 0 aliphatic carbocycles. The quantitative estimate of drug-likeness (QED) is 0.649. The summed E-state index contributed by atoms with van der Waals surface area (Å²) in [5.74, 6) is 0.189. The van der Waals surface area contributed by atoms with Gasteiger partial charge < -0.3 is 14.5 Å². The Bertz CT molecular complexity index is 450. The molecule has 0 spiro atoms. The summed E-state index contributed by atoms with van der Waals surface area (Å²) in [5.41, 5.74) is 0. The molecular formula is C18H29N3O3. The van der Waals surface area contributed by atoms with Gasteiger partial charge >= 0.3 is 0 Å². The number of carbonyl (C=O) groups is 2. The summed E-state index contributed by atoms with van der Waals surface area (Å²) in [6, 6.07) is 0. The van der Waals surface area contributed by atoms with Crippen LogP contribution in [0.15, 0.2) is 25.3 Å². The Labute approximate surface area is 144 Å². The maximum atomic E-state index is 12.4. The number of hydrogen-bond acceptors (Lipinski definition) is 4. The Balaban J connectivity index is 1.83. The monoisotopic (exact) mass is 335 g/mol. The molecule has 0 aromatic heterocycles. The highest BCUT2D eigenvalue weighted by atomic mass is 16.5. The molecule has 0 bridgehead atoms. The number of carbonyl (C=O) groups excluding carboxylic acids is 2. The van der Waals surface area contributed by atoms with Gasteiger partial charge in [-0.1, -0.05) is 12.2 Å². The van der Waals surface area contributed by atoms with E-state index in [-0.39, 0.29) is 17.9 Å². The standard InChI is InChI=1S/C18H29N3O3/c1-3-8-20(9-4-2)17(22)15-19-10-6-11-21(13-12-19)18(23)16-7-5-14-24-16/h3-4,16H,1-2,5-15H2/t16-/m1/s1. The van der Waals surface area contributed by atoms with Gasteiger partial charge in [0, 0.05) is 45.9 Å². The first kappa shape index (κ1) is 18.7. The minimum absolute atomic E-state index is 0.0775. The SMILES string of the molecule is C=CCN(CC=C)C(=O)CN1CCCN(C(=O)[C@H]2CCCO2)CC1. The molecule has 0 radical (unpaired) electrons. The number of rotatable bonds is 7. The average Bonchev–Trinajstić information content (AvgIpc) is 3.01. The van der Waals surface area contributed by atoms with Gasteiger partial charge in [-0.3, -0.25) is 14.5 Å². The van der Waals surface area contributed by atoms with Crippen LogP contribution in [-0.2, 0) is 14.3 Å². The summed E-state index contributed by atoms with van der Waals surface area (Å²) in [4.78, 5) is 30.6. The van der Waals surface area contributed by atoms with Crippen molar-refractivity contribution >= 4 is 11.8 Å². The molecule has 24 heavy (non-hydrogen) atoms. The van der Waals surface area contributed by atoms with Gasteiger partial charge in [-0.25, -0.2) is 0 Å². The Morgan fingerprint density at radius 3 is 2.46 bits per heavy atom. The van der Waals surface area contributed by atoms with Gasteiger partial charge in [0.25, 0.3) is 5.91 Å². The van der Waals surface area contributed by atoms with Gasteiger partial charge in [0.15, 0.2) is 0 Å². The molecule has 1 atom stereocenters. The van der Waals surface area contributed by atoms with Crippen LogP contribution in [0.5, 0.6) is 0 Å². The molecule has 2 aliphatic heterocycles. The van der Waals surface area contributed by atoms with E-state index in [9.17, 15) is 9.59 Å². The summed E-state index contributed by atoms with van der Waals surface area (Å²) in [6.07, 6.45) is 5.88. The summed E-state index contributed by atoms with van der Waals surface area (Å²) in [5, 5.41) is 0. The van der Waals surface area contributed by atoms with Gasteiger partial charge in [0.2, 0.25) is 5.91 Å². The van der Waals surface area contributed by atoms with E-state index in [2.05, 4.69) is 18.1 Å². The number of hydrogen-bond donors (Lipinski definition) is 0. The summed E-state index contributed by atoms with van der Waals surface area (Å²) in [6.45, 7) is 12.5. The molecule has 0 unspecified atom stereocenters. The van der Waals surface area contributed by atoms with Gasteiger partial charge in [-0.05, 0) is 19.3 Å². The summed E-state index contributed by atoms with van der Waals surface area (Å²) >= 11 is 0. The maximum Gasteiger partial charge on any atom is 0.251 e. The largest absolute Gasteiger partial charge is 0.368 e. The molecule has 2 amide bonds. The fourth-order valence-electron chi connectivity index (χ4n) is 3.21. The lowest BCUT2D eigenvalue weighted by Crippen LogP contribution is -2.43. The third kappa shape index (κ3) is 5.18. The molecule has 2 saturated heterocycles. The predicted molar refractivity (Wildman–Crippen MR) is 93.6 cm³/mol. The van der Waals surface area contributed by atoms with E-state index >= 15 is 0 Å². The highest BCUT2D eigenvalue weighted by molar-refractivity contribution is 5.81. The van der Waals surface area contributed by atoms with Crippen molar-refractivity contribution < 1.29 is 14.3 Å². The molecule has 6 nitrogen and oxygen atoms in total. The molecule has 2 heterocycles. The van der Waals surface area contributed by atoms with E-state index in [4.69, 9.17) is 4.74 Å². The Kier molecular flexibility index (Phi) is 7.46. The van der Waals surface area contributed by atoms with Crippen LogP contribution in [0.3, 0.4) is 0 Å². The number of amides is 2. The van der Waals surface area contributed by atoms with E-state index in [1.807, 2.05) is 4.90 Å². The number of ether oxygens (including phenoxy) is 1. The van der Waals surface area contributed by atoms with Crippen LogP contribution in [-0.4, -0.2) is 85.0 Å². The first-order chi connectivity index (χ1) is 11.7. The molecule has 0 aromatic rings. The molecule has 0 aromatic carbocycles. The molecule has 0 saturated carbocycles. The zero-order valence-corrected chi connectivity index (χ0v) is 14.5. The predicted octanol–water partition coefficient (Wildman–Crippen LogP) is 0.900. The molecule has 2 rings (SSSR count). The van der Waals surface area contributed by atoms with Crippen molar-refractivity contribution in [3.63, 3.8) is 0 Å². The Morgan fingerprint density at radius 1 is 1.08 bits per heavy atom. The van der Waals surface area contributed by atoms with E-state index in [0.29, 0.717) is 32.8 Å². The summed E-state index contributed by atoms with van der Waals surface area (Å²) < 4.78 is 5.50. The topological polar surface area (TPSA) is 53.1 Å². The van der Waals surface area contributed by atoms with Gasteiger partial charge in [-0.2, -0.15) is 0 Å². The molecule has 2 aliphatic rings. The fraction of sp³-hybridized carbons (Fsp3) is 0.667. The van der Waals surface area contributed by atoms with Gasteiger partial charge in [0.05, 0.1) is 6.54 Å². The second-order valence-electron chi connectivity index (χ2n) is 6.33. The van der Waals surface area contributed by atoms with Crippen LogP contribution in [0.25, 0.3) is 0 Å². The minimum Gasteiger partial charge on any atom is -0.368 e. The smallest absolute Gasteiger partial charge is 0.251 e. The second kappa shape index (κ2) is 9.59. The highest BCUT2D eigenvalue weighted by Crippen LogP contribution is 2.16. The zero-order valence-electron chi connectivity index (χ0n) is 14.5. The van der Waals surface area contributed by atoms with Crippen molar-refractivity contribution in [3.8, 4) is 0 Å². The van der Waals surface area contributed by atoms with Gasteiger partial charge in [0.1, 0.15) is 6.10 Å². The zero-order chi connectivity index (χ0) is 17.4. The lowest BCUT2D eigenvalue weighted by molar-refractivity contribution is -0.140. The molecule has 134 valence electrons. The first-order valence-corrected chi connectivity index (χ1v) is 8.78. The molecule has 0 N–H and O–H groups in total. The van der Waals surface area contributed by atoms with E-state index in [0.717, 1.165) is 38.9 Å². The third-order valence-corrected chi connectivity index (χ3v) is 4.52. The lowest BCUT2D eigenvalue weighted by atomic mass is 10.2. The van der Waals surface area contributed by atoms with Crippen LogP contribution in [0.1, 0.15) is 19.3 Å². The van der Waals surface area contributed by atoms with Gasteiger partial charge in [-0.15, -0.1) is 13.2 Å². The van der Waals surface area contributed by atoms with Crippen LogP contribution in [0, 0.1) is 0 Å². The van der Waals surface area contributed by atoms with Crippen molar-refractivity contribution in [1.29, 1.82) is 0 Å². The van der Waals surface area contributed by atoms with Crippen molar-refractivity contribution in [2.24, 2.45) is 0 Å². The second-order valence-corrected chi connectivity index (χ2v) is 6.33. The van der Waals surface area contributed by atoms with E-state index in [1.54, 1.807) is 17.1 Å². The minimum atomic E-state index is -0.256. The van der Waals surface area contributed by atoms with E-state index < -0.39 is 0 Å². The van der Waals surface area contributed by atoms with Crippen molar-refractivity contribution in [3.05, 3.63) is 25.3 Å². The highest BCUT2D eigenvalue weighted by Gasteiger charge is 2.29. The molecular weight excluding hydrogens is 306 g/mol. The third-order valence-electron chi connectivity index (χ3n) is 4.52. The van der Waals surface area contributed by atoms with E-state index in [1.165, 1.54) is 0 Å². The Morgan fingerprint density at radius 2 is 1.83 bits per heavy atom. The molecule has 2 fully saturated rings. The van der Waals surface area contributed by atoms with Crippen LogP contribution >= 0.6 is 0 Å². The van der Waals surface area contributed by atoms with Crippen molar-refractivity contribution in [1.82, 2.24) is 14.7 Å². The van der Waals surface area contributed by atoms with Crippen molar-refractivity contribution in [2.75, 3.05) is 52.4 Å². The fourth-order valence-corrected chi connectivity index (χ4v) is 3.21. The average molecular weight is 335 g/mol. The Hall–Kier alpha value is -1.66. The first-order valence-electron chi connectivity index (χ1n) is 8.78. The van der Waals surface area contributed by atoms with Crippen LogP contribution in [0.4, 0.5) is 0 Å². The van der Waals surface area contributed by atoms with Crippen molar-refractivity contribution in [2.45, 2.75) is 25.4 Å². The molecule has 6 heteroatoms. The number of nitrogens with zero attached hydrogens (tertiary/aromatic N) is 3. The summed E-state index contributed by atoms with van der Waals surface area (Å²) in [7, 11) is 0. The van der Waals surface area contributed by atoms with Crippen LogP contribution < -0.4 is 0 Å². The lowest BCUT2D eigenvalue weighted by Gasteiger charge is -2.26.